The van der Waals surface area contributed by atoms with Gasteiger partial charge in [-0.3, -0.25) is 4.79 Å². The zero-order valence-electron chi connectivity index (χ0n) is 11.8. The highest BCUT2D eigenvalue weighted by molar-refractivity contribution is 5.93. The van der Waals surface area contributed by atoms with Gasteiger partial charge in [0, 0.05) is 25.8 Å². The lowest BCUT2D eigenvalue weighted by molar-refractivity contribution is 0.0633. The van der Waals surface area contributed by atoms with Gasteiger partial charge in [0.15, 0.2) is 0 Å². The van der Waals surface area contributed by atoms with Crippen LogP contribution in [0.2, 0.25) is 0 Å². The van der Waals surface area contributed by atoms with Crippen molar-refractivity contribution in [3.63, 3.8) is 0 Å². The summed E-state index contributed by atoms with van der Waals surface area (Å²) in [7, 11) is 1.93. The summed E-state index contributed by atoms with van der Waals surface area (Å²) >= 11 is 0. The van der Waals surface area contributed by atoms with Gasteiger partial charge in [-0.05, 0) is 44.5 Å². The van der Waals surface area contributed by atoms with Gasteiger partial charge in [-0.2, -0.15) is 0 Å². The number of halogens is 1. The monoisotopic (exact) mass is 285 g/mol. The van der Waals surface area contributed by atoms with Crippen molar-refractivity contribution in [3.8, 4) is 0 Å². The summed E-state index contributed by atoms with van der Waals surface area (Å²) in [4.78, 5) is 14.7. The lowest BCUT2D eigenvalue weighted by atomic mass is 10.0. The first-order valence-electron chi connectivity index (χ1n) is 6.87. The van der Waals surface area contributed by atoms with Crippen LogP contribution in [0.4, 0.5) is 0 Å². The normalized spacial score (nSPS) is 15.9. The summed E-state index contributed by atoms with van der Waals surface area (Å²) in [5.74, 6) is 0.177. The van der Waals surface area contributed by atoms with Crippen LogP contribution in [0.3, 0.4) is 0 Å². The van der Waals surface area contributed by atoms with Crippen molar-refractivity contribution >= 4 is 18.3 Å². The summed E-state index contributed by atoms with van der Waals surface area (Å²) in [6.45, 7) is 5.03. The summed E-state index contributed by atoms with van der Waals surface area (Å²) < 4.78 is 1.91. The topological polar surface area (TPSA) is 37.3 Å². The average Bonchev–Trinajstić information content (AvgIpc) is 2.82. The standard InChI is InChI=1S/C14H23N3O.ClH/c1-3-10-17(12-6-8-15-9-7-12)14(18)13-5-4-11-16(13)2;/h4-5,11-12,15H,3,6-10H2,1-2H3;1H. The number of hydrogen-bond acceptors (Lipinski definition) is 2. The highest BCUT2D eigenvalue weighted by atomic mass is 35.5. The van der Waals surface area contributed by atoms with Crippen molar-refractivity contribution in [1.82, 2.24) is 14.8 Å². The van der Waals surface area contributed by atoms with Crippen LogP contribution in [0.1, 0.15) is 36.7 Å². The van der Waals surface area contributed by atoms with Gasteiger partial charge in [0.05, 0.1) is 0 Å². The molecule has 2 rings (SSSR count). The van der Waals surface area contributed by atoms with E-state index in [0.717, 1.165) is 44.6 Å². The number of carbonyl (C=O) groups is 1. The van der Waals surface area contributed by atoms with E-state index in [1.165, 1.54) is 0 Å². The highest BCUT2D eigenvalue weighted by Gasteiger charge is 2.26. The number of aryl methyl sites for hydroxylation is 1. The Bertz CT molecular complexity index is 399. The van der Waals surface area contributed by atoms with Gasteiger partial charge in [0.25, 0.3) is 5.91 Å². The smallest absolute Gasteiger partial charge is 0.270 e. The third-order valence-corrected chi connectivity index (χ3v) is 3.64. The fourth-order valence-electron chi connectivity index (χ4n) is 2.64. The van der Waals surface area contributed by atoms with E-state index in [4.69, 9.17) is 0 Å². The Kier molecular flexibility index (Phi) is 6.38. The molecule has 19 heavy (non-hydrogen) atoms. The van der Waals surface area contributed by atoms with Crippen molar-refractivity contribution in [1.29, 1.82) is 0 Å². The first-order chi connectivity index (χ1) is 8.74. The molecule has 2 heterocycles. The third-order valence-electron chi connectivity index (χ3n) is 3.64. The highest BCUT2D eigenvalue weighted by Crippen LogP contribution is 2.16. The zero-order valence-corrected chi connectivity index (χ0v) is 12.6. The van der Waals surface area contributed by atoms with E-state index >= 15 is 0 Å². The minimum Gasteiger partial charge on any atom is -0.347 e. The molecule has 1 aromatic heterocycles. The average molecular weight is 286 g/mol. The molecule has 0 unspecified atom stereocenters. The molecule has 1 saturated heterocycles. The molecule has 4 nitrogen and oxygen atoms in total. The van der Waals surface area contributed by atoms with E-state index in [-0.39, 0.29) is 18.3 Å². The molecule has 1 N–H and O–H groups in total. The van der Waals surface area contributed by atoms with Gasteiger partial charge >= 0.3 is 0 Å². The number of aromatic nitrogens is 1. The van der Waals surface area contributed by atoms with E-state index in [2.05, 4.69) is 17.1 Å². The van der Waals surface area contributed by atoms with Crippen LogP contribution < -0.4 is 5.32 Å². The molecule has 0 aromatic carbocycles. The van der Waals surface area contributed by atoms with Gasteiger partial charge in [0.2, 0.25) is 0 Å². The van der Waals surface area contributed by atoms with Gasteiger partial charge in [-0.15, -0.1) is 12.4 Å². The van der Waals surface area contributed by atoms with E-state index in [0.29, 0.717) is 6.04 Å². The van der Waals surface area contributed by atoms with Crippen molar-refractivity contribution in [2.45, 2.75) is 32.2 Å². The molecule has 5 heteroatoms. The second kappa shape index (κ2) is 7.56. The molecule has 0 saturated carbocycles. The van der Waals surface area contributed by atoms with Crippen LogP contribution in [-0.4, -0.2) is 41.1 Å². The Balaban J connectivity index is 0.00000180. The van der Waals surface area contributed by atoms with Crippen LogP contribution in [0.5, 0.6) is 0 Å². The Morgan fingerprint density at radius 3 is 2.68 bits per heavy atom. The Morgan fingerprint density at radius 1 is 1.47 bits per heavy atom. The molecule has 0 atom stereocenters. The van der Waals surface area contributed by atoms with Crippen molar-refractivity contribution in [2.24, 2.45) is 7.05 Å². The van der Waals surface area contributed by atoms with Crippen LogP contribution >= 0.6 is 12.4 Å². The summed E-state index contributed by atoms with van der Waals surface area (Å²) in [6.07, 6.45) is 5.08. The third kappa shape index (κ3) is 3.74. The maximum atomic E-state index is 12.6. The Morgan fingerprint density at radius 2 is 2.16 bits per heavy atom. The lowest BCUT2D eigenvalue weighted by Gasteiger charge is -2.34. The predicted molar refractivity (Wildman–Crippen MR) is 79.9 cm³/mol. The van der Waals surface area contributed by atoms with Crippen LogP contribution in [0, 0.1) is 0 Å². The molecule has 1 fully saturated rings. The van der Waals surface area contributed by atoms with Crippen LogP contribution in [0.15, 0.2) is 18.3 Å². The minimum absolute atomic E-state index is 0. The first-order valence-corrected chi connectivity index (χ1v) is 6.87. The maximum Gasteiger partial charge on any atom is 0.270 e. The Hall–Kier alpha value is -1.00. The molecule has 1 aliphatic rings. The number of piperidine rings is 1. The number of amides is 1. The molecule has 108 valence electrons. The van der Waals surface area contributed by atoms with Gasteiger partial charge < -0.3 is 14.8 Å². The predicted octanol–water partition coefficient (Wildman–Crippen LogP) is 2.05. The molecule has 0 radical (unpaired) electrons. The van der Waals surface area contributed by atoms with Gasteiger partial charge in [0.1, 0.15) is 5.69 Å². The molecule has 0 bridgehead atoms. The number of nitrogens with zero attached hydrogens (tertiary/aromatic N) is 2. The fraction of sp³-hybridized carbons (Fsp3) is 0.643. The van der Waals surface area contributed by atoms with Crippen LogP contribution in [0.25, 0.3) is 0 Å². The van der Waals surface area contributed by atoms with Gasteiger partial charge in [-0.25, -0.2) is 0 Å². The number of rotatable bonds is 4. The SMILES string of the molecule is CCCN(C(=O)c1cccn1C)C1CCNCC1.Cl. The van der Waals surface area contributed by atoms with Crippen molar-refractivity contribution in [2.75, 3.05) is 19.6 Å². The van der Waals surface area contributed by atoms with E-state index in [1.54, 1.807) is 0 Å². The Labute approximate surface area is 121 Å². The lowest BCUT2D eigenvalue weighted by Crippen LogP contribution is -2.46. The molecular weight excluding hydrogens is 262 g/mol. The molecule has 1 aliphatic heterocycles. The summed E-state index contributed by atoms with van der Waals surface area (Å²) in [5, 5.41) is 3.35. The minimum atomic E-state index is 0. The summed E-state index contributed by atoms with van der Waals surface area (Å²) in [5.41, 5.74) is 0.794. The largest absolute Gasteiger partial charge is 0.347 e. The molecule has 1 amide bonds. The molecule has 0 spiro atoms. The first kappa shape index (κ1) is 16.1. The summed E-state index contributed by atoms with van der Waals surface area (Å²) in [6, 6.07) is 4.24. The second-order valence-electron chi connectivity index (χ2n) is 4.98. The van der Waals surface area contributed by atoms with Gasteiger partial charge in [-0.1, -0.05) is 6.92 Å². The number of hydrogen-bond donors (Lipinski definition) is 1. The quantitative estimate of drug-likeness (QED) is 0.919. The van der Waals surface area contributed by atoms with E-state index < -0.39 is 0 Å². The number of nitrogens with one attached hydrogen (secondary N) is 1. The number of carbonyl (C=O) groups excluding carboxylic acids is 1. The fourth-order valence-corrected chi connectivity index (χ4v) is 2.64. The van der Waals surface area contributed by atoms with Crippen molar-refractivity contribution in [3.05, 3.63) is 24.0 Å². The van der Waals surface area contributed by atoms with E-state index in [9.17, 15) is 4.79 Å². The zero-order chi connectivity index (χ0) is 13.0. The van der Waals surface area contributed by atoms with E-state index in [1.807, 2.05) is 29.9 Å². The molecule has 0 aliphatic carbocycles. The van der Waals surface area contributed by atoms with Crippen LogP contribution in [-0.2, 0) is 7.05 Å². The molecular formula is C14H24ClN3O. The molecule has 1 aromatic rings. The maximum absolute atomic E-state index is 12.6. The second-order valence-corrected chi connectivity index (χ2v) is 4.98. The van der Waals surface area contributed by atoms with Crippen molar-refractivity contribution < 1.29 is 4.79 Å².